The predicted molar refractivity (Wildman–Crippen MR) is 120 cm³/mol. The van der Waals surface area contributed by atoms with Gasteiger partial charge in [0.25, 0.3) is 0 Å². The number of phenols is 2. The molecule has 0 fully saturated rings. The minimum atomic E-state index is -0.0908. The normalized spacial score (nSPS) is 10.6. The van der Waals surface area contributed by atoms with E-state index in [1.807, 2.05) is 13.8 Å². The van der Waals surface area contributed by atoms with Gasteiger partial charge < -0.3 is 20.8 Å². The zero-order valence-corrected chi connectivity index (χ0v) is 17.8. The molecule has 0 unspecified atom stereocenters. The van der Waals surface area contributed by atoms with Gasteiger partial charge in [0.1, 0.15) is 11.5 Å². The molecule has 0 radical (unpaired) electrons. The Kier molecular flexibility index (Phi) is 9.19. The molecule has 0 aromatic heterocycles. The molecule has 0 bridgehead atoms. The number of anilines is 2. The molecular weight excluding hydrogens is 380 g/mol. The second-order valence-corrected chi connectivity index (χ2v) is 7.76. The van der Waals surface area contributed by atoms with Gasteiger partial charge in [-0.3, -0.25) is 9.59 Å². The highest BCUT2D eigenvalue weighted by Gasteiger charge is 2.08. The Bertz CT molecular complexity index is 793. The van der Waals surface area contributed by atoms with Crippen molar-refractivity contribution in [1.82, 2.24) is 0 Å². The molecule has 0 atom stereocenters. The number of carbonyl (C=O) groups is 2. The number of nitrogens with one attached hydrogen (secondary N) is 2. The number of aromatic hydroxyl groups is 2. The minimum absolute atomic E-state index is 0.0793. The molecule has 0 heterocycles. The Hall–Kier alpha value is -3.02. The highest BCUT2D eigenvalue weighted by Crippen LogP contribution is 2.25. The third kappa shape index (κ3) is 8.15. The van der Waals surface area contributed by atoms with Gasteiger partial charge in [0.15, 0.2) is 0 Å². The summed E-state index contributed by atoms with van der Waals surface area (Å²) in [7, 11) is 0. The molecule has 2 aromatic rings. The summed E-state index contributed by atoms with van der Waals surface area (Å²) in [6, 6.07) is 10.2. The first-order chi connectivity index (χ1) is 14.3. The molecule has 2 rings (SSSR count). The Balaban J connectivity index is 1.52. The summed E-state index contributed by atoms with van der Waals surface area (Å²) in [4.78, 5) is 24.0. The number of amides is 2. The summed E-state index contributed by atoms with van der Waals surface area (Å²) in [5, 5.41) is 25.0. The monoisotopic (exact) mass is 412 g/mol. The van der Waals surface area contributed by atoms with Gasteiger partial charge in [-0.05, 0) is 62.1 Å². The van der Waals surface area contributed by atoms with Crippen LogP contribution in [-0.2, 0) is 9.59 Å². The van der Waals surface area contributed by atoms with Gasteiger partial charge in [-0.25, -0.2) is 0 Å². The fraction of sp³-hybridized carbons (Fsp3) is 0.417. The van der Waals surface area contributed by atoms with Gasteiger partial charge in [0.05, 0.1) is 11.4 Å². The predicted octanol–water partition coefficient (Wildman–Crippen LogP) is 5.41. The molecule has 0 aliphatic heterocycles. The van der Waals surface area contributed by atoms with Gasteiger partial charge >= 0.3 is 0 Å². The standard InChI is InChI=1S/C24H32N2O4/c1-17-11-13-21(27)19(15-17)25-23(29)9-7-5-3-4-6-8-10-24(30)26-20-16-18(2)12-14-22(20)28/h11-16,27-28H,3-10H2,1-2H3,(H,25,29)(H,26,30). The van der Waals surface area contributed by atoms with Crippen LogP contribution >= 0.6 is 0 Å². The maximum Gasteiger partial charge on any atom is 0.224 e. The van der Waals surface area contributed by atoms with E-state index < -0.39 is 0 Å². The first-order valence-corrected chi connectivity index (χ1v) is 10.5. The van der Waals surface area contributed by atoms with E-state index in [0.717, 1.165) is 49.7 Å². The van der Waals surface area contributed by atoms with Crippen molar-refractivity contribution in [3.8, 4) is 11.5 Å². The van der Waals surface area contributed by atoms with E-state index in [9.17, 15) is 19.8 Å². The first-order valence-electron chi connectivity index (χ1n) is 10.5. The average Bonchev–Trinajstić information content (AvgIpc) is 2.69. The average molecular weight is 413 g/mol. The molecule has 0 aliphatic rings. The summed E-state index contributed by atoms with van der Waals surface area (Å²) in [6.45, 7) is 3.82. The topological polar surface area (TPSA) is 98.7 Å². The third-order valence-corrected chi connectivity index (χ3v) is 4.91. The summed E-state index contributed by atoms with van der Waals surface area (Å²) in [5.74, 6) is -0.0230. The van der Waals surface area contributed by atoms with Gasteiger partial charge in [0, 0.05) is 12.8 Å². The van der Waals surface area contributed by atoms with Crippen LogP contribution in [0.25, 0.3) is 0 Å². The van der Waals surface area contributed by atoms with E-state index in [0.29, 0.717) is 24.2 Å². The lowest BCUT2D eigenvalue weighted by atomic mass is 10.1. The number of benzene rings is 2. The number of hydrogen-bond acceptors (Lipinski definition) is 4. The van der Waals surface area contributed by atoms with Crippen molar-refractivity contribution in [1.29, 1.82) is 0 Å². The number of aryl methyl sites for hydroxylation is 2. The lowest BCUT2D eigenvalue weighted by Crippen LogP contribution is -2.11. The Morgan fingerprint density at radius 1 is 0.667 bits per heavy atom. The minimum Gasteiger partial charge on any atom is -0.506 e. The quantitative estimate of drug-likeness (QED) is 0.293. The highest BCUT2D eigenvalue weighted by molar-refractivity contribution is 5.92. The molecule has 2 aromatic carbocycles. The van der Waals surface area contributed by atoms with E-state index in [4.69, 9.17) is 0 Å². The number of carbonyl (C=O) groups excluding carboxylic acids is 2. The van der Waals surface area contributed by atoms with Crippen LogP contribution < -0.4 is 10.6 Å². The summed E-state index contributed by atoms with van der Waals surface area (Å²) in [6.07, 6.45) is 6.39. The molecule has 162 valence electrons. The fourth-order valence-electron chi connectivity index (χ4n) is 3.20. The van der Waals surface area contributed by atoms with Crippen LogP contribution in [0.3, 0.4) is 0 Å². The second kappa shape index (κ2) is 11.9. The van der Waals surface area contributed by atoms with E-state index in [1.165, 1.54) is 0 Å². The van der Waals surface area contributed by atoms with Crippen LogP contribution in [0, 0.1) is 13.8 Å². The number of hydrogen-bond donors (Lipinski definition) is 4. The fourth-order valence-corrected chi connectivity index (χ4v) is 3.20. The van der Waals surface area contributed by atoms with Gasteiger partial charge in [0.2, 0.25) is 11.8 Å². The van der Waals surface area contributed by atoms with E-state index in [-0.39, 0.29) is 23.3 Å². The zero-order valence-electron chi connectivity index (χ0n) is 17.8. The van der Waals surface area contributed by atoms with E-state index in [2.05, 4.69) is 10.6 Å². The molecule has 2 amide bonds. The Morgan fingerprint density at radius 2 is 1.03 bits per heavy atom. The van der Waals surface area contributed by atoms with Gasteiger partial charge in [-0.1, -0.05) is 37.8 Å². The maximum atomic E-state index is 12.0. The van der Waals surface area contributed by atoms with Crippen molar-refractivity contribution < 1.29 is 19.8 Å². The van der Waals surface area contributed by atoms with Crippen molar-refractivity contribution in [3.05, 3.63) is 47.5 Å². The van der Waals surface area contributed by atoms with Crippen molar-refractivity contribution in [3.63, 3.8) is 0 Å². The number of unbranched alkanes of at least 4 members (excludes halogenated alkanes) is 5. The Morgan fingerprint density at radius 3 is 1.43 bits per heavy atom. The van der Waals surface area contributed by atoms with Crippen molar-refractivity contribution in [2.75, 3.05) is 10.6 Å². The Labute approximate surface area is 178 Å². The van der Waals surface area contributed by atoms with Crippen molar-refractivity contribution in [2.24, 2.45) is 0 Å². The molecule has 0 saturated heterocycles. The molecular formula is C24H32N2O4. The molecule has 6 nitrogen and oxygen atoms in total. The van der Waals surface area contributed by atoms with Crippen molar-refractivity contribution >= 4 is 23.2 Å². The largest absolute Gasteiger partial charge is 0.506 e. The smallest absolute Gasteiger partial charge is 0.224 e. The molecule has 0 aliphatic carbocycles. The van der Waals surface area contributed by atoms with Crippen LogP contribution in [0.5, 0.6) is 11.5 Å². The molecule has 6 heteroatoms. The van der Waals surface area contributed by atoms with Gasteiger partial charge in [-0.2, -0.15) is 0 Å². The van der Waals surface area contributed by atoms with E-state index in [1.54, 1.807) is 36.4 Å². The molecule has 30 heavy (non-hydrogen) atoms. The lowest BCUT2D eigenvalue weighted by Gasteiger charge is -2.09. The zero-order chi connectivity index (χ0) is 21.9. The SMILES string of the molecule is Cc1ccc(O)c(NC(=O)CCCCCCCCC(=O)Nc2cc(C)ccc2O)c1. The summed E-state index contributed by atoms with van der Waals surface area (Å²) < 4.78 is 0. The van der Waals surface area contributed by atoms with Crippen LogP contribution in [0.4, 0.5) is 11.4 Å². The summed E-state index contributed by atoms with van der Waals surface area (Å²) in [5.41, 5.74) is 2.87. The first kappa shape index (κ1) is 23.3. The van der Waals surface area contributed by atoms with E-state index >= 15 is 0 Å². The number of phenolic OH excluding ortho intramolecular Hbond substituents is 2. The third-order valence-electron chi connectivity index (χ3n) is 4.91. The second-order valence-electron chi connectivity index (χ2n) is 7.76. The molecule has 0 spiro atoms. The van der Waals surface area contributed by atoms with Crippen LogP contribution in [0.2, 0.25) is 0 Å². The number of rotatable bonds is 11. The highest BCUT2D eigenvalue weighted by atomic mass is 16.3. The molecule has 4 N–H and O–H groups in total. The summed E-state index contributed by atoms with van der Waals surface area (Å²) >= 11 is 0. The van der Waals surface area contributed by atoms with Crippen LogP contribution in [0.15, 0.2) is 36.4 Å². The lowest BCUT2D eigenvalue weighted by molar-refractivity contribution is -0.117. The maximum absolute atomic E-state index is 12.0. The van der Waals surface area contributed by atoms with Crippen LogP contribution in [-0.4, -0.2) is 22.0 Å². The van der Waals surface area contributed by atoms with Crippen LogP contribution in [0.1, 0.15) is 62.5 Å². The molecule has 0 saturated carbocycles. The van der Waals surface area contributed by atoms with Crippen molar-refractivity contribution in [2.45, 2.75) is 65.2 Å². The van der Waals surface area contributed by atoms with Gasteiger partial charge in [-0.15, -0.1) is 0 Å².